The van der Waals surface area contributed by atoms with E-state index in [1.165, 1.54) is 5.56 Å². The molecule has 1 aliphatic rings. The summed E-state index contributed by atoms with van der Waals surface area (Å²) in [6.07, 6.45) is 0.588. The molecule has 41 heavy (non-hydrogen) atoms. The first-order valence-electron chi connectivity index (χ1n) is 14.0. The second kappa shape index (κ2) is 12.0. The van der Waals surface area contributed by atoms with Gasteiger partial charge in [-0.25, -0.2) is 0 Å². The SMILES string of the molecule is CN1CCN(Cc2ccc(C#Cc3cccc(C(O)C(=O)c4ccccc4)c3-c3ccc4cc[nH]c4c3)cc2)CC1. The van der Waals surface area contributed by atoms with Gasteiger partial charge in [0.2, 0.25) is 0 Å². The molecule has 4 aromatic carbocycles. The second-order valence-electron chi connectivity index (χ2n) is 10.7. The molecule has 1 fully saturated rings. The first-order chi connectivity index (χ1) is 20.0. The summed E-state index contributed by atoms with van der Waals surface area (Å²) in [6, 6.07) is 31.1. The predicted molar refractivity (Wildman–Crippen MR) is 165 cm³/mol. The monoisotopic (exact) mass is 539 g/mol. The van der Waals surface area contributed by atoms with E-state index in [4.69, 9.17) is 0 Å². The maximum Gasteiger partial charge on any atom is 0.195 e. The van der Waals surface area contributed by atoms with Gasteiger partial charge in [0.25, 0.3) is 0 Å². The van der Waals surface area contributed by atoms with E-state index in [0.29, 0.717) is 11.1 Å². The quantitative estimate of drug-likeness (QED) is 0.208. The molecule has 204 valence electrons. The van der Waals surface area contributed by atoms with Gasteiger partial charge in [0.1, 0.15) is 6.10 Å². The number of carbonyl (C=O) groups is 1. The molecule has 0 aliphatic carbocycles. The number of carbonyl (C=O) groups excluding carboxylic acids is 1. The van der Waals surface area contributed by atoms with Gasteiger partial charge in [-0.3, -0.25) is 9.69 Å². The number of benzene rings is 4. The number of fused-ring (bicyclic) bond motifs is 1. The van der Waals surface area contributed by atoms with Gasteiger partial charge in [-0.1, -0.05) is 78.6 Å². The molecule has 0 radical (unpaired) electrons. The number of nitrogens with zero attached hydrogens (tertiary/aromatic N) is 2. The number of hydrogen-bond acceptors (Lipinski definition) is 4. The molecular weight excluding hydrogens is 506 g/mol. The summed E-state index contributed by atoms with van der Waals surface area (Å²) in [5, 5.41) is 12.4. The fourth-order valence-electron chi connectivity index (χ4n) is 5.43. The summed E-state index contributed by atoms with van der Waals surface area (Å²) >= 11 is 0. The van der Waals surface area contributed by atoms with Crippen molar-refractivity contribution < 1.29 is 9.90 Å². The van der Waals surface area contributed by atoms with Crippen LogP contribution in [-0.2, 0) is 6.54 Å². The first-order valence-corrected chi connectivity index (χ1v) is 14.0. The van der Waals surface area contributed by atoms with E-state index in [1.807, 2.05) is 54.7 Å². The van der Waals surface area contributed by atoms with E-state index in [-0.39, 0.29) is 5.78 Å². The number of aromatic nitrogens is 1. The van der Waals surface area contributed by atoms with Crippen LogP contribution < -0.4 is 0 Å². The van der Waals surface area contributed by atoms with Crippen molar-refractivity contribution in [3.8, 4) is 23.0 Å². The Balaban J connectivity index is 1.33. The van der Waals surface area contributed by atoms with Crippen molar-refractivity contribution in [2.24, 2.45) is 0 Å². The number of aliphatic hydroxyl groups is 1. The molecule has 5 nitrogen and oxygen atoms in total. The number of aliphatic hydroxyl groups excluding tert-OH is 1. The van der Waals surface area contributed by atoms with Crippen LogP contribution >= 0.6 is 0 Å². The van der Waals surface area contributed by atoms with Crippen LogP contribution in [0.5, 0.6) is 0 Å². The molecule has 0 spiro atoms. The zero-order valence-electron chi connectivity index (χ0n) is 23.2. The van der Waals surface area contributed by atoms with Gasteiger partial charge in [0.15, 0.2) is 5.78 Å². The van der Waals surface area contributed by atoms with Crippen LogP contribution in [0, 0.1) is 11.8 Å². The Morgan fingerprint density at radius 3 is 2.44 bits per heavy atom. The van der Waals surface area contributed by atoms with Gasteiger partial charge in [-0.2, -0.15) is 0 Å². The number of hydrogen-bond donors (Lipinski definition) is 2. The largest absolute Gasteiger partial charge is 0.380 e. The Bertz CT molecular complexity index is 1720. The molecule has 2 N–H and O–H groups in total. The van der Waals surface area contributed by atoms with Crippen LogP contribution in [0.1, 0.15) is 38.7 Å². The minimum atomic E-state index is -1.32. The van der Waals surface area contributed by atoms with E-state index < -0.39 is 6.10 Å². The topological polar surface area (TPSA) is 59.6 Å². The standard InChI is InChI=1S/C36H33N3O2/c1-38-20-22-39(23-21-38)25-27-12-10-26(11-13-27)14-15-29-8-5-9-32(36(41)35(40)30-6-3-2-4-7-30)34(29)31-17-16-28-18-19-37-33(28)24-31/h2-13,16-19,24,36-37,41H,20-23,25H2,1H3. The predicted octanol–water partition coefficient (Wildman–Crippen LogP) is 5.90. The van der Waals surface area contributed by atoms with E-state index in [2.05, 4.69) is 57.9 Å². The minimum Gasteiger partial charge on any atom is -0.380 e. The van der Waals surface area contributed by atoms with E-state index in [9.17, 15) is 9.90 Å². The Morgan fingerprint density at radius 1 is 0.878 bits per heavy atom. The van der Waals surface area contributed by atoms with Crippen LogP contribution in [0.15, 0.2) is 103 Å². The molecule has 2 heterocycles. The molecule has 1 unspecified atom stereocenters. The van der Waals surface area contributed by atoms with Gasteiger partial charge in [-0.05, 0) is 59.5 Å². The minimum absolute atomic E-state index is 0.339. The highest BCUT2D eigenvalue weighted by atomic mass is 16.3. The molecule has 1 saturated heterocycles. The van der Waals surface area contributed by atoms with E-state index in [0.717, 1.165) is 65.9 Å². The van der Waals surface area contributed by atoms with Gasteiger partial charge in [0, 0.05) is 66.7 Å². The summed E-state index contributed by atoms with van der Waals surface area (Å²) in [4.78, 5) is 21.4. The Kier molecular flexibility index (Phi) is 7.80. The highest BCUT2D eigenvalue weighted by Crippen LogP contribution is 2.34. The highest BCUT2D eigenvalue weighted by Gasteiger charge is 2.24. The number of nitrogens with one attached hydrogen (secondary N) is 1. The third kappa shape index (κ3) is 6.01. The van der Waals surface area contributed by atoms with Gasteiger partial charge in [0.05, 0.1) is 0 Å². The van der Waals surface area contributed by atoms with Crippen molar-refractivity contribution in [3.05, 3.63) is 131 Å². The van der Waals surface area contributed by atoms with Crippen molar-refractivity contribution in [3.63, 3.8) is 0 Å². The molecule has 0 amide bonds. The van der Waals surface area contributed by atoms with Crippen molar-refractivity contribution >= 4 is 16.7 Å². The van der Waals surface area contributed by atoms with Gasteiger partial charge in [-0.15, -0.1) is 0 Å². The highest BCUT2D eigenvalue weighted by molar-refractivity contribution is 6.01. The van der Waals surface area contributed by atoms with Crippen molar-refractivity contribution in [2.45, 2.75) is 12.6 Å². The maximum absolute atomic E-state index is 13.3. The summed E-state index contributed by atoms with van der Waals surface area (Å²) in [6.45, 7) is 5.33. The number of Topliss-reactive ketones (excluding diaryl/α,β-unsaturated/α-hetero) is 1. The molecule has 0 bridgehead atoms. The van der Waals surface area contributed by atoms with Crippen molar-refractivity contribution in [1.82, 2.24) is 14.8 Å². The number of likely N-dealkylation sites (N-methyl/N-ethyl adjacent to an activating group) is 1. The zero-order chi connectivity index (χ0) is 28.2. The molecule has 5 heteroatoms. The van der Waals surface area contributed by atoms with E-state index in [1.54, 1.807) is 24.3 Å². The van der Waals surface area contributed by atoms with E-state index >= 15 is 0 Å². The average molecular weight is 540 g/mol. The van der Waals surface area contributed by atoms with Gasteiger partial charge < -0.3 is 15.0 Å². The number of aromatic amines is 1. The smallest absolute Gasteiger partial charge is 0.195 e. The summed E-state index contributed by atoms with van der Waals surface area (Å²) < 4.78 is 0. The Labute approximate surface area is 241 Å². The van der Waals surface area contributed by atoms with Gasteiger partial charge >= 0.3 is 0 Å². The first kappa shape index (κ1) is 26.7. The summed E-state index contributed by atoms with van der Waals surface area (Å²) in [7, 11) is 2.17. The van der Waals surface area contributed by atoms with Crippen LogP contribution in [0.4, 0.5) is 0 Å². The lowest BCUT2D eigenvalue weighted by Crippen LogP contribution is -2.43. The fraction of sp³-hybridized carbons (Fsp3) is 0.194. The lowest BCUT2D eigenvalue weighted by atomic mass is 9.88. The molecule has 1 aliphatic heterocycles. The zero-order valence-corrected chi connectivity index (χ0v) is 23.2. The number of H-pyrrole nitrogens is 1. The van der Waals surface area contributed by atoms with Crippen molar-refractivity contribution in [2.75, 3.05) is 33.2 Å². The lowest BCUT2D eigenvalue weighted by molar-refractivity contribution is 0.0748. The van der Waals surface area contributed by atoms with Crippen LogP contribution in [0.3, 0.4) is 0 Å². The lowest BCUT2D eigenvalue weighted by Gasteiger charge is -2.32. The Morgan fingerprint density at radius 2 is 1.66 bits per heavy atom. The molecule has 5 aromatic rings. The number of ketones is 1. The average Bonchev–Trinajstić information content (AvgIpc) is 3.49. The second-order valence-corrected chi connectivity index (χ2v) is 10.7. The summed E-state index contributed by atoms with van der Waals surface area (Å²) in [5.74, 6) is 6.33. The fourth-order valence-corrected chi connectivity index (χ4v) is 5.43. The molecule has 6 rings (SSSR count). The van der Waals surface area contributed by atoms with Crippen molar-refractivity contribution in [1.29, 1.82) is 0 Å². The molecular formula is C36H33N3O2. The van der Waals surface area contributed by atoms with Crippen LogP contribution in [-0.4, -0.2) is 58.9 Å². The maximum atomic E-state index is 13.3. The molecule has 0 saturated carbocycles. The van der Waals surface area contributed by atoms with Crippen LogP contribution in [0.2, 0.25) is 0 Å². The normalized spacial score (nSPS) is 14.9. The number of piperazine rings is 1. The third-order valence-corrected chi connectivity index (χ3v) is 7.84. The van der Waals surface area contributed by atoms with Crippen LogP contribution in [0.25, 0.3) is 22.0 Å². The Hall–Kier alpha value is -4.47. The third-order valence-electron chi connectivity index (χ3n) is 7.84. The molecule has 1 aromatic heterocycles. The summed E-state index contributed by atoms with van der Waals surface area (Å²) in [5.41, 5.74) is 6.61. The number of rotatable bonds is 6. The molecule has 1 atom stereocenters.